The fourth-order valence-corrected chi connectivity index (χ4v) is 3.02. The summed E-state index contributed by atoms with van der Waals surface area (Å²) in [6.45, 7) is 5.83. The third-order valence-electron chi connectivity index (χ3n) is 3.82. The van der Waals surface area contributed by atoms with Crippen LogP contribution in [-0.2, 0) is 0 Å². The second kappa shape index (κ2) is 4.19. The highest BCUT2D eigenvalue weighted by molar-refractivity contribution is 4.94. The first kappa shape index (κ1) is 10.4. The predicted molar refractivity (Wildman–Crippen MR) is 58.2 cm³/mol. The fourth-order valence-electron chi connectivity index (χ4n) is 3.02. The van der Waals surface area contributed by atoms with Gasteiger partial charge in [-0.1, -0.05) is 13.8 Å². The van der Waals surface area contributed by atoms with Gasteiger partial charge < -0.3 is 5.11 Å². The molecular formula is C12H23NO. The average molecular weight is 197 g/mol. The predicted octanol–water partition coefficient (Wildman–Crippen LogP) is 2.02. The van der Waals surface area contributed by atoms with Gasteiger partial charge in [0.1, 0.15) is 0 Å². The van der Waals surface area contributed by atoms with Gasteiger partial charge in [0.05, 0.1) is 6.10 Å². The summed E-state index contributed by atoms with van der Waals surface area (Å²) in [4.78, 5) is 2.66. The first-order valence-corrected chi connectivity index (χ1v) is 6.10. The van der Waals surface area contributed by atoms with E-state index in [9.17, 15) is 5.11 Å². The maximum atomic E-state index is 9.66. The topological polar surface area (TPSA) is 23.5 Å². The van der Waals surface area contributed by atoms with E-state index >= 15 is 0 Å². The van der Waals surface area contributed by atoms with Crippen LogP contribution in [0.5, 0.6) is 0 Å². The van der Waals surface area contributed by atoms with Crippen molar-refractivity contribution in [2.24, 2.45) is 5.92 Å². The Bertz CT molecular complexity index is 179. The summed E-state index contributed by atoms with van der Waals surface area (Å²) in [6, 6.07) is 1.39. The molecule has 1 N–H and O–H groups in total. The summed E-state index contributed by atoms with van der Waals surface area (Å²) in [5, 5.41) is 9.66. The van der Waals surface area contributed by atoms with Gasteiger partial charge in [-0.3, -0.25) is 4.90 Å². The third kappa shape index (κ3) is 2.12. The quantitative estimate of drug-likeness (QED) is 0.748. The van der Waals surface area contributed by atoms with E-state index < -0.39 is 0 Å². The number of aliphatic hydroxyl groups is 1. The molecule has 0 aromatic carbocycles. The smallest absolute Gasteiger partial charge is 0.0570 e. The van der Waals surface area contributed by atoms with Crippen molar-refractivity contribution in [1.29, 1.82) is 0 Å². The molecule has 2 heterocycles. The summed E-state index contributed by atoms with van der Waals surface area (Å²) < 4.78 is 0. The van der Waals surface area contributed by atoms with Crippen LogP contribution in [0, 0.1) is 5.92 Å². The molecule has 2 aliphatic heterocycles. The van der Waals surface area contributed by atoms with Crippen LogP contribution in [0.4, 0.5) is 0 Å². The lowest BCUT2D eigenvalue weighted by molar-refractivity contribution is 0.0333. The van der Waals surface area contributed by atoms with Crippen LogP contribution in [0.25, 0.3) is 0 Å². The van der Waals surface area contributed by atoms with Gasteiger partial charge in [0.2, 0.25) is 0 Å². The molecule has 0 saturated carbocycles. The van der Waals surface area contributed by atoms with Gasteiger partial charge >= 0.3 is 0 Å². The van der Waals surface area contributed by atoms with Crippen LogP contribution < -0.4 is 0 Å². The minimum absolute atomic E-state index is 0.0113. The summed E-state index contributed by atoms with van der Waals surface area (Å²) >= 11 is 0. The van der Waals surface area contributed by atoms with Crippen molar-refractivity contribution in [1.82, 2.24) is 4.90 Å². The Balaban J connectivity index is 1.88. The summed E-state index contributed by atoms with van der Waals surface area (Å²) in [6.07, 6.45) is 5.98. The van der Waals surface area contributed by atoms with E-state index in [0.717, 1.165) is 18.8 Å². The van der Waals surface area contributed by atoms with E-state index in [4.69, 9.17) is 0 Å². The highest BCUT2D eigenvalue weighted by Crippen LogP contribution is 2.35. The highest BCUT2D eigenvalue weighted by Gasteiger charge is 2.39. The fraction of sp³-hybridized carbons (Fsp3) is 1.00. The van der Waals surface area contributed by atoms with Crippen molar-refractivity contribution in [2.45, 2.75) is 64.1 Å². The number of rotatable bonds is 3. The van der Waals surface area contributed by atoms with Crippen LogP contribution in [0.2, 0.25) is 0 Å². The zero-order valence-electron chi connectivity index (χ0n) is 9.45. The Morgan fingerprint density at radius 1 is 1.21 bits per heavy atom. The molecule has 2 bridgehead atoms. The molecule has 0 spiro atoms. The number of hydrogen-bond acceptors (Lipinski definition) is 2. The molecule has 14 heavy (non-hydrogen) atoms. The second-order valence-electron chi connectivity index (χ2n) is 5.43. The molecule has 2 rings (SSSR count). The normalized spacial score (nSPS) is 38.1. The van der Waals surface area contributed by atoms with E-state index in [1.165, 1.54) is 25.8 Å². The zero-order chi connectivity index (χ0) is 10.1. The number of nitrogens with zero attached hydrogens (tertiary/aromatic N) is 1. The highest BCUT2D eigenvalue weighted by atomic mass is 16.3. The number of fused-ring (bicyclic) bond motifs is 2. The van der Waals surface area contributed by atoms with Crippen molar-refractivity contribution < 1.29 is 5.11 Å². The summed E-state index contributed by atoms with van der Waals surface area (Å²) in [7, 11) is 0. The largest absolute Gasteiger partial charge is 0.393 e. The van der Waals surface area contributed by atoms with Gasteiger partial charge in [0.25, 0.3) is 0 Å². The van der Waals surface area contributed by atoms with E-state index in [0.29, 0.717) is 12.1 Å². The molecule has 2 atom stereocenters. The minimum atomic E-state index is -0.0113. The Kier molecular flexibility index (Phi) is 3.13. The molecule has 2 nitrogen and oxygen atoms in total. The molecule has 0 aliphatic carbocycles. The molecule has 82 valence electrons. The van der Waals surface area contributed by atoms with Gasteiger partial charge in [-0.05, 0) is 44.6 Å². The summed E-state index contributed by atoms with van der Waals surface area (Å²) in [5.41, 5.74) is 0. The van der Waals surface area contributed by atoms with Crippen LogP contribution in [0.3, 0.4) is 0 Å². The maximum absolute atomic E-state index is 9.66. The Morgan fingerprint density at radius 2 is 1.79 bits per heavy atom. The minimum Gasteiger partial charge on any atom is -0.393 e. The average Bonchev–Trinajstić information content (AvgIpc) is 2.34. The molecule has 2 aliphatic rings. The van der Waals surface area contributed by atoms with Crippen molar-refractivity contribution in [3.8, 4) is 0 Å². The summed E-state index contributed by atoms with van der Waals surface area (Å²) in [5.74, 6) is 0.807. The second-order valence-corrected chi connectivity index (χ2v) is 5.43. The van der Waals surface area contributed by atoms with Gasteiger partial charge in [0, 0.05) is 12.1 Å². The molecule has 2 unspecified atom stereocenters. The van der Waals surface area contributed by atoms with E-state index in [1.54, 1.807) is 0 Å². The van der Waals surface area contributed by atoms with Crippen molar-refractivity contribution in [3.05, 3.63) is 0 Å². The number of aliphatic hydroxyl groups excluding tert-OH is 1. The molecule has 2 saturated heterocycles. The standard InChI is InChI=1S/C12H23NO/c1-9(2)5-6-13-10-3-4-11(13)8-12(14)7-10/h9-12,14H,3-8H2,1-2H3. The Labute approximate surface area is 87.3 Å². The lowest BCUT2D eigenvalue weighted by Crippen LogP contribution is -2.45. The van der Waals surface area contributed by atoms with E-state index in [2.05, 4.69) is 18.7 Å². The van der Waals surface area contributed by atoms with Crippen molar-refractivity contribution >= 4 is 0 Å². The van der Waals surface area contributed by atoms with E-state index in [1.807, 2.05) is 0 Å². The molecular weight excluding hydrogens is 174 g/mol. The molecule has 0 amide bonds. The first-order valence-electron chi connectivity index (χ1n) is 6.10. The number of hydrogen-bond donors (Lipinski definition) is 1. The Morgan fingerprint density at radius 3 is 2.29 bits per heavy atom. The number of piperidine rings is 1. The monoisotopic (exact) mass is 197 g/mol. The molecule has 0 aromatic heterocycles. The Hall–Kier alpha value is -0.0800. The van der Waals surface area contributed by atoms with Crippen LogP contribution in [0.1, 0.15) is 46.0 Å². The molecule has 0 aromatic rings. The molecule has 0 radical (unpaired) electrons. The van der Waals surface area contributed by atoms with Crippen LogP contribution in [0.15, 0.2) is 0 Å². The van der Waals surface area contributed by atoms with Gasteiger partial charge in [-0.15, -0.1) is 0 Å². The van der Waals surface area contributed by atoms with Gasteiger partial charge in [-0.25, -0.2) is 0 Å². The van der Waals surface area contributed by atoms with E-state index in [-0.39, 0.29) is 6.10 Å². The van der Waals surface area contributed by atoms with Crippen molar-refractivity contribution in [2.75, 3.05) is 6.54 Å². The lowest BCUT2D eigenvalue weighted by atomic mass is 9.99. The van der Waals surface area contributed by atoms with Crippen LogP contribution >= 0.6 is 0 Å². The van der Waals surface area contributed by atoms with Crippen molar-refractivity contribution in [3.63, 3.8) is 0 Å². The zero-order valence-corrected chi connectivity index (χ0v) is 9.45. The molecule has 2 heteroatoms. The molecule has 2 fully saturated rings. The lowest BCUT2D eigenvalue weighted by Gasteiger charge is -2.37. The van der Waals surface area contributed by atoms with Gasteiger partial charge in [-0.2, -0.15) is 0 Å². The third-order valence-corrected chi connectivity index (χ3v) is 3.82. The first-order chi connectivity index (χ1) is 6.66. The maximum Gasteiger partial charge on any atom is 0.0570 e. The van der Waals surface area contributed by atoms with Gasteiger partial charge in [0.15, 0.2) is 0 Å². The van der Waals surface area contributed by atoms with Crippen LogP contribution in [-0.4, -0.2) is 34.7 Å². The SMILES string of the molecule is CC(C)CCN1C2CCC1CC(O)C2.